The van der Waals surface area contributed by atoms with Crippen LogP contribution < -0.4 is 9.80 Å². The molecule has 2 unspecified atom stereocenters. The molecule has 0 bridgehead atoms. The summed E-state index contributed by atoms with van der Waals surface area (Å²) in [6, 6.07) is 66.8. The van der Waals surface area contributed by atoms with Crippen LogP contribution in [0.1, 0.15) is 126 Å². The van der Waals surface area contributed by atoms with Gasteiger partial charge in [-0.3, -0.25) is 0 Å². The summed E-state index contributed by atoms with van der Waals surface area (Å²) in [6.45, 7) is 12.2. The smallest absolute Gasteiger partial charge is 0.0465 e. The zero-order valence-electron chi connectivity index (χ0n) is 38.2. The van der Waals surface area contributed by atoms with Gasteiger partial charge in [-0.1, -0.05) is 170 Å². The van der Waals surface area contributed by atoms with Gasteiger partial charge in [-0.25, -0.2) is 0 Å². The molecule has 10 rings (SSSR count). The first kappa shape index (κ1) is 41.2. The molecule has 2 saturated carbocycles. The average Bonchev–Trinajstić information content (AvgIpc) is 3.55. The molecule has 0 aliphatic heterocycles. The summed E-state index contributed by atoms with van der Waals surface area (Å²) in [6.07, 6.45) is 11.6. The maximum absolute atomic E-state index is 2.47. The summed E-state index contributed by atoms with van der Waals surface area (Å²) in [5, 5.41) is 0. The van der Waals surface area contributed by atoms with Crippen LogP contribution in [0.15, 0.2) is 176 Å². The number of para-hydroxylation sites is 2. The van der Waals surface area contributed by atoms with Gasteiger partial charge in [-0.15, -0.1) is 0 Å². The average molecular weight is 825 g/mol. The molecular weight excluding hydrogens is 761 g/mol. The lowest BCUT2D eigenvalue weighted by molar-refractivity contribution is 0.100. The Morgan fingerprint density at radius 2 is 0.889 bits per heavy atom. The number of benzene rings is 7. The second kappa shape index (κ2) is 16.7. The van der Waals surface area contributed by atoms with E-state index >= 15 is 0 Å². The summed E-state index contributed by atoms with van der Waals surface area (Å²) >= 11 is 0. The van der Waals surface area contributed by atoms with Gasteiger partial charge in [0.2, 0.25) is 0 Å². The maximum atomic E-state index is 2.47. The monoisotopic (exact) mass is 825 g/mol. The molecule has 0 heterocycles. The van der Waals surface area contributed by atoms with Gasteiger partial charge in [-0.2, -0.15) is 0 Å². The molecule has 2 fully saturated rings. The van der Waals surface area contributed by atoms with E-state index in [1.807, 2.05) is 0 Å². The molecule has 0 spiro atoms. The van der Waals surface area contributed by atoms with Gasteiger partial charge < -0.3 is 9.80 Å². The van der Waals surface area contributed by atoms with Gasteiger partial charge in [-0.05, 0) is 155 Å². The van der Waals surface area contributed by atoms with Crippen molar-refractivity contribution in [1.29, 1.82) is 0 Å². The predicted octanol–water partition coefficient (Wildman–Crippen LogP) is 17.5. The van der Waals surface area contributed by atoms with Crippen molar-refractivity contribution in [2.24, 2.45) is 11.3 Å². The minimum absolute atomic E-state index is 0.0731. The van der Waals surface area contributed by atoms with Crippen LogP contribution >= 0.6 is 0 Å². The number of hydrogen-bond acceptors (Lipinski definition) is 2. The van der Waals surface area contributed by atoms with Crippen LogP contribution in [-0.2, 0) is 10.8 Å². The molecule has 2 atom stereocenters. The van der Waals surface area contributed by atoms with E-state index in [4.69, 9.17) is 0 Å². The lowest BCUT2D eigenvalue weighted by atomic mass is 9.52. The molecule has 0 N–H and O–H groups in total. The second-order valence-corrected chi connectivity index (χ2v) is 20.4. The van der Waals surface area contributed by atoms with Crippen molar-refractivity contribution in [2.45, 2.75) is 109 Å². The van der Waals surface area contributed by atoms with Gasteiger partial charge >= 0.3 is 0 Å². The fraction of sp³-hybridized carbons (Fsp3) is 0.311. The third-order valence-corrected chi connectivity index (χ3v) is 15.3. The normalized spacial score (nSPS) is 19.5. The molecule has 3 aliphatic carbocycles. The van der Waals surface area contributed by atoms with Gasteiger partial charge in [0.25, 0.3) is 0 Å². The lowest BCUT2D eigenvalue weighted by Crippen LogP contribution is -2.45. The molecule has 63 heavy (non-hydrogen) atoms. The zero-order chi connectivity index (χ0) is 43.2. The molecule has 0 amide bonds. The van der Waals surface area contributed by atoms with E-state index in [0.717, 1.165) is 6.42 Å². The largest absolute Gasteiger partial charge is 0.311 e. The molecular formula is C61H64N2. The first-order valence-electron chi connectivity index (χ1n) is 23.9. The minimum Gasteiger partial charge on any atom is -0.311 e. The third kappa shape index (κ3) is 7.50. The Labute approximate surface area is 377 Å². The highest BCUT2D eigenvalue weighted by molar-refractivity contribution is 5.85. The Bertz CT molecular complexity index is 2650. The first-order valence-corrected chi connectivity index (χ1v) is 23.9. The summed E-state index contributed by atoms with van der Waals surface area (Å²) in [7, 11) is 0. The molecule has 0 radical (unpaired) electrons. The Morgan fingerprint density at radius 3 is 1.46 bits per heavy atom. The van der Waals surface area contributed by atoms with Gasteiger partial charge in [0.1, 0.15) is 0 Å². The van der Waals surface area contributed by atoms with Crippen LogP contribution in [0.25, 0.3) is 11.1 Å². The fourth-order valence-electron chi connectivity index (χ4n) is 12.2. The van der Waals surface area contributed by atoms with E-state index in [9.17, 15) is 0 Å². The third-order valence-electron chi connectivity index (χ3n) is 15.3. The van der Waals surface area contributed by atoms with Crippen molar-refractivity contribution in [3.8, 4) is 11.1 Å². The van der Waals surface area contributed by atoms with Gasteiger partial charge in [0.05, 0.1) is 0 Å². The van der Waals surface area contributed by atoms with Crippen LogP contribution in [0.2, 0.25) is 0 Å². The van der Waals surface area contributed by atoms with E-state index in [1.54, 1.807) is 0 Å². The Balaban J connectivity index is 1.04. The maximum Gasteiger partial charge on any atom is 0.0465 e. The number of hydrogen-bond donors (Lipinski definition) is 0. The van der Waals surface area contributed by atoms with E-state index in [1.165, 1.54) is 124 Å². The first-order chi connectivity index (χ1) is 30.6. The number of fused-ring (bicyclic) bond motifs is 3. The van der Waals surface area contributed by atoms with Crippen LogP contribution in [-0.4, -0.2) is 0 Å². The highest BCUT2D eigenvalue weighted by atomic mass is 15.1. The summed E-state index contributed by atoms with van der Waals surface area (Å²) in [4.78, 5) is 4.89. The zero-order valence-corrected chi connectivity index (χ0v) is 38.2. The number of anilines is 6. The van der Waals surface area contributed by atoms with Crippen LogP contribution in [0.5, 0.6) is 0 Å². The van der Waals surface area contributed by atoms with Crippen LogP contribution in [0, 0.1) is 11.3 Å². The molecule has 318 valence electrons. The van der Waals surface area contributed by atoms with E-state index in [2.05, 4.69) is 220 Å². The van der Waals surface area contributed by atoms with Gasteiger partial charge in [0.15, 0.2) is 0 Å². The Kier molecular flexibility index (Phi) is 10.9. The lowest BCUT2D eigenvalue weighted by Gasteiger charge is -2.51. The molecule has 3 aliphatic rings. The van der Waals surface area contributed by atoms with Crippen molar-refractivity contribution >= 4 is 34.1 Å². The highest BCUT2D eigenvalue weighted by Gasteiger charge is 2.48. The topological polar surface area (TPSA) is 6.48 Å². The summed E-state index contributed by atoms with van der Waals surface area (Å²) < 4.78 is 0. The highest BCUT2D eigenvalue weighted by Crippen LogP contribution is 2.56. The van der Waals surface area contributed by atoms with Crippen molar-refractivity contribution in [3.63, 3.8) is 0 Å². The molecule has 7 aromatic rings. The quantitative estimate of drug-likeness (QED) is 0.143. The fourth-order valence-corrected chi connectivity index (χ4v) is 12.2. The van der Waals surface area contributed by atoms with E-state index in [0.29, 0.717) is 11.8 Å². The molecule has 0 aromatic heterocycles. The molecule has 7 aromatic carbocycles. The van der Waals surface area contributed by atoms with Crippen molar-refractivity contribution in [3.05, 3.63) is 204 Å². The van der Waals surface area contributed by atoms with Crippen molar-refractivity contribution in [2.75, 3.05) is 9.80 Å². The van der Waals surface area contributed by atoms with Gasteiger partial charge in [0, 0.05) is 45.0 Å². The van der Waals surface area contributed by atoms with E-state index in [-0.39, 0.29) is 16.2 Å². The number of nitrogens with zero attached hydrogens (tertiary/aromatic N) is 2. The second-order valence-electron chi connectivity index (χ2n) is 20.4. The molecule has 2 heteroatoms. The SMILES string of the molecule is CC1(C)c2ccccc2-c2ccc(N(c3ccccc3)c3ccc(C4(c5ccc(N(c6ccccc6)c6ccc(C7CCCCC7)cc6)cc5)CCCCC4C(C)(C)C)cc3)cc21. The number of rotatable bonds is 9. The minimum atomic E-state index is -0.117. The standard InChI is InChI=1S/C61H64N2/c1-59(2,3)58-27-17-18-42-61(58,46-30-36-51(37-31-46)62(48-21-11-7-12-22-48)50-34-28-45(29-35-50)44-19-9-6-10-20-44)47-32-38-52(39-33-47)63(49-23-13-8-14-24-49)53-40-41-55-54-25-15-16-26-56(54)60(4,5)57(55)43-53/h7-8,11-16,21-26,28-41,43-44,58H,6,9-10,17-20,27,42H2,1-5H3. The molecule has 0 saturated heterocycles. The predicted molar refractivity (Wildman–Crippen MR) is 268 cm³/mol. The van der Waals surface area contributed by atoms with Crippen LogP contribution in [0.4, 0.5) is 34.1 Å². The van der Waals surface area contributed by atoms with E-state index < -0.39 is 0 Å². The molecule has 2 nitrogen and oxygen atoms in total. The van der Waals surface area contributed by atoms with Crippen molar-refractivity contribution < 1.29 is 0 Å². The summed E-state index contributed by atoms with van der Waals surface area (Å²) in [5.41, 5.74) is 16.9. The summed E-state index contributed by atoms with van der Waals surface area (Å²) in [5.74, 6) is 1.18. The van der Waals surface area contributed by atoms with Crippen molar-refractivity contribution in [1.82, 2.24) is 0 Å². The Morgan fingerprint density at radius 1 is 0.429 bits per heavy atom. The Hall–Kier alpha value is -5.86. The van der Waals surface area contributed by atoms with Crippen LogP contribution in [0.3, 0.4) is 0 Å².